The first-order valence-corrected chi connectivity index (χ1v) is 8.21. The minimum atomic E-state index is -0.419. The third-order valence-corrected chi connectivity index (χ3v) is 4.31. The summed E-state index contributed by atoms with van der Waals surface area (Å²) in [7, 11) is 0. The van der Waals surface area contributed by atoms with Crippen molar-refractivity contribution in [3.8, 4) is 6.07 Å². The van der Waals surface area contributed by atoms with E-state index in [1.807, 2.05) is 6.07 Å². The van der Waals surface area contributed by atoms with E-state index in [2.05, 4.69) is 10.6 Å². The molecule has 2 unspecified atom stereocenters. The molecule has 26 heavy (non-hydrogen) atoms. The fourth-order valence-corrected chi connectivity index (χ4v) is 2.74. The van der Waals surface area contributed by atoms with Crippen molar-refractivity contribution in [2.45, 2.75) is 13.3 Å². The van der Waals surface area contributed by atoms with Gasteiger partial charge in [-0.1, -0.05) is 24.3 Å². The van der Waals surface area contributed by atoms with Gasteiger partial charge in [0.1, 0.15) is 6.07 Å². The molecule has 6 nitrogen and oxygen atoms in total. The van der Waals surface area contributed by atoms with Crippen LogP contribution in [0.5, 0.6) is 0 Å². The van der Waals surface area contributed by atoms with Crippen molar-refractivity contribution in [1.82, 2.24) is 0 Å². The number of rotatable bonds is 5. The van der Waals surface area contributed by atoms with E-state index < -0.39 is 11.8 Å². The molecule has 1 fully saturated rings. The second-order valence-electron chi connectivity index (χ2n) is 6.22. The first-order chi connectivity index (χ1) is 12.5. The van der Waals surface area contributed by atoms with E-state index in [-0.39, 0.29) is 17.6 Å². The van der Waals surface area contributed by atoms with Crippen molar-refractivity contribution >= 4 is 29.0 Å². The predicted molar refractivity (Wildman–Crippen MR) is 96.5 cm³/mol. The van der Waals surface area contributed by atoms with Crippen LogP contribution in [0.4, 0.5) is 11.4 Å². The van der Waals surface area contributed by atoms with Gasteiger partial charge >= 0.3 is 0 Å². The zero-order chi connectivity index (χ0) is 18.7. The molecule has 2 N–H and O–H groups in total. The van der Waals surface area contributed by atoms with Crippen molar-refractivity contribution in [1.29, 1.82) is 5.26 Å². The molecule has 0 radical (unpaired) electrons. The molecule has 2 aromatic rings. The zero-order valence-electron chi connectivity index (χ0n) is 14.2. The van der Waals surface area contributed by atoms with Gasteiger partial charge in [-0.15, -0.1) is 0 Å². The fourth-order valence-electron chi connectivity index (χ4n) is 2.74. The summed E-state index contributed by atoms with van der Waals surface area (Å²) in [6.07, 6.45) is 0.457. The summed E-state index contributed by atoms with van der Waals surface area (Å²) < 4.78 is 0. The highest BCUT2D eigenvalue weighted by atomic mass is 16.2. The average Bonchev–Trinajstić information content (AvgIpc) is 3.43. The van der Waals surface area contributed by atoms with Gasteiger partial charge in [-0.05, 0) is 37.6 Å². The number of carbonyl (C=O) groups is 3. The Bertz CT molecular complexity index is 930. The molecular formula is C20H17N3O3. The molecule has 2 aromatic carbocycles. The van der Waals surface area contributed by atoms with E-state index in [1.54, 1.807) is 48.5 Å². The maximum absolute atomic E-state index is 12.3. The minimum absolute atomic E-state index is 0.0825. The van der Waals surface area contributed by atoms with Crippen LogP contribution in [0.2, 0.25) is 0 Å². The first kappa shape index (κ1) is 17.4. The fraction of sp³-hybridized carbons (Fsp3) is 0.200. The molecule has 0 spiro atoms. The minimum Gasteiger partial charge on any atom is -0.326 e. The summed E-state index contributed by atoms with van der Waals surface area (Å²) in [5.41, 5.74) is 1.87. The first-order valence-electron chi connectivity index (χ1n) is 8.21. The van der Waals surface area contributed by atoms with E-state index in [9.17, 15) is 14.4 Å². The Morgan fingerprint density at radius 2 is 1.69 bits per heavy atom. The molecule has 130 valence electrons. The molecule has 0 saturated heterocycles. The number of nitrogens with zero attached hydrogens (tertiary/aromatic N) is 1. The molecule has 3 rings (SSSR count). The van der Waals surface area contributed by atoms with Crippen LogP contribution in [-0.2, 0) is 9.59 Å². The molecule has 1 aliphatic rings. The van der Waals surface area contributed by atoms with E-state index >= 15 is 0 Å². The molecule has 1 saturated carbocycles. The molecule has 2 amide bonds. The van der Waals surface area contributed by atoms with Crippen LogP contribution in [0, 0.1) is 23.2 Å². The highest BCUT2D eigenvalue weighted by molar-refractivity contribution is 6.04. The number of anilines is 2. The lowest BCUT2D eigenvalue weighted by molar-refractivity contribution is -0.122. The summed E-state index contributed by atoms with van der Waals surface area (Å²) in [5.74, 6) is -1.44. The quantitative estimate of drug-likeness (QED) is 0.812. The van der Waals surface area contributed by atoms with Crippen LogP contribution >= 0.6 is 0 Å². The van der Waals surface area contributed by atoms with Crippen molar-refractivity contribution in [3.05, 3.63) is 59.7 Å². The Hall–Kier alpha value is -3.46. The lowest BCUT2D eigenvalue weighted by Gasteiger charge is -2.08. The van der Waals surface area contributed by atoms with Gasteiger partial charge < -0.3 is 10.6 Å². The van der Waals surface area contributed by atoms with E-state index in [0.29, 0.717) is 28.9 Å². The third kappa shape index (κ3) is 3.78. The van der Waals surface area contributed by atoms with Gasteiger partial charge in [-0.25, -0.2) is 0 Å². The predicted octanol–water partition coefficient (Wildman–Crippen LogP) is 2.97. The zero-order valence-corrected chi connectivity index (χ0v) is 14.2. The number of nitriles is 1. The largest absolute Gasteiger partial charge is 0.326 e. The number of hydrogen-bond acceptors (Lipinski definition) is 4. The Morgan fingerprint density at radius 3 is 2.38 bits per heavy atom. The highest BCUT2D eigenvalue weighted by Crippen LogP contribution is 2.40. The molecule has 6 heteroatoms. The third-order valence-electron chi connectivity index (χ3n) is 4.31. The topological polar surface area (TPSA) is 99.1 Å². The Kier molecular flexibility index (Phi) is 4.81. The van der Waals surface area contributed by atoms with Gasteiger partial charge in [0, 0.05) is 11.3 Å². The Balaban J connectivity index is 1.60. The van der Waals surface area contributed by atoms with E-state index in [0.717, 1.165) is 0 Å². The molecule has 0 aliphatic heterocycles. The molecule has 2 atom stereocenters. The second-order valence-corrected chi connectivity index (χ2v) is 6.22. The van der Waals surface area contributed by atoms with Gasteiger partial charge in [0.15, 0.2) is 5.78 Å². The standard InChI is InChI=1S/C20H17N3O3/c1-12(24)13-6-4-7-15(9-13)22-19(25)16-10-17(16)20(26)23-18-8-3-2-5-14(18)11-21/h2-9,16-17H,10H2,1H3,(H,22,25)(H,23,26). The van der Waals surface area contributed by atoms with Gasteiger partial charge in [-0.3, -0.25) is 14.4 Å². The SMILES string of the molecule is CC(=O)c1cccc(NC(=O)C2CC2C(=O)Nc2ccccc2C#N)c1. The number of benzene rings is 2. The molecule has 1 aliphatic carbocycles. The average molecular weight is 347 g/mol. The van der Waals surface area contributed by atoms with Crippen LogP contribution in [0.1, 0.15) is 29.3 Å². The van der Waals surface area contributed by atoms with Gasteiger partial charge in [0.05, 0.1) is 23.1 Å². The van der Waals surface area contributed by atoms with Crippen molar-refractivity contribution in [2.24, 2.45) is 11.8 Å². The number of Topliss-reactive ketones (excluding diaryl/α,β-unsaturated/α-hetero) is 1. The summed E-state index contributed by atoms with van der Waals surface area (Å²) in [6.45, 7) is 1.46. The van der Waals surface area contributed by atoms with Crippen LogP contribution in [0.3, 0.4) is 0 Å². The number of nitrogens with one attached hydrogen (secondary N) is 2. The highest BCUT2D eigenvalue weighted by Gasteiger charge is 2.48. The number of carbonyl (C=O) groups excluding carboxylic acids is 3. The lowest BCUT2D eigenvalue weighted by Crippen LogP contribution is -2.21. The second kappa shape index (κ2) is 7.19. The Morgan fingerprint density at radius 1 is 1.00 bits per heavy atom. The van der Waals surface area contributed by atoms with Crippen LogP contribution in [-0.4, -0.2) is 17.6 Å². The van der Waals surface area contributed by atoms with Crippen molar-refractivity contribution in [2.75, 3.05) is 10.6 Å². The summed E-state index contributed by atoms with van der Waals surface area (Å²) in [4.78, 5) is 36.0. The smallest absolute Gasteiger partial charge is 0.228 e. The normalized spacial score (nSPS) is 17.7. The monoisotopic (exact) mass is 347 g/mol. The van der Waals surface area contributed by atoms with Gasteiger partial charge in [0.25, 0.3) is 0 Å². The van der Waals surface area contributed by atoms with Crippen LogP contribution < -0.4 is 10.6 Å². The number of para-hydroxylation sites is 1. The molecule has 0 heterocycles. The summed E-state index contributed by atoms with van der Waals surface area (Å²) >= 11 is 0. The number of ketones is 1. The van der Waals surface area contributed by atoms with Gasteiger partial charge in [-0.2, -0.15) is 5.26 Å². The lowest BCUT2D eigenvalue weighted by atomic mass is 10.1. The Labute approximate surface area is 150 Å². The molecule has 0 bridgehead atoms. The summed E-state index contributed by atoms with van der Waals surface area (Å²) in [6, 6.07) is 15.4. The maximum Gasteiger partial charge on any atom is 0.228 e. The van der Waals surface area contributed by atoms with E-state index in [4.69, 9.17) is 5.26 Å². The van der Waals surface area contributed by atoms with Crippen LogP contribution in [0.25, 0.3) is 0 Å². The summed E-state index contributed by atoms with van der Waals surface area (Å²) in [5, 5.41) is 14.5. The van der Waals surface area contributed by atoms with E-state index in [1.165, 1.54) is 6.92 Å². The molecular weight excluding hydrogens is 330 g/mol. The maximum atomic E-state index is 12.3. The van der Waals surface area contributed by atoms with Crippen molar-refractivity contribution in [3.63, 3.8) is 0 Å². The van der Waals surface area contributed by atoms with Crippen molar-refractivity contribution < 1.29 is 14.4 Å². The van der Waals surface area contributed by atoms with Crippen LogP contribution in [0.15, 0.2) is 48.5 Å². The number of hydrogen-bond donors (Lipinski definition) is 2. The number of amides is 2. The van der Waals surface area contributed by atoms with Gasteiger partial charge in [0.2, 0.25) is 11.8 Å². The molecule has 0 aromatic heterocycles.